The molecule has 0 heterocycles. The normalized spacial score (nSPS) is 9.00. The molecule has 0 aliphatic carbocycles. The minimum Gasteiger partial charge on any atom is -0.501 e. The maximum absolute atomic E-state index is 10.6. The first kappa shape index (κ1) is 15.2. The highest BCUT2D eigenvalue weighted by Gasteiger charge is 2.26. The van der Waals surface area contributed by atoms with Gasteiger partial charge in [-0.3, -0.25) is 31.9 Å². The lowest BCUT2D eigenvalue weighted by molar-refractivity contribution is -0.394. The van der Waals surface area contributed by atoms with E-state index in [4.69, 9.17) is 5.11 Å². The highest BCUT2D eigenvalue weighted by atomic mass is 16.6. The molecule has 98 valence electrons. The fourth-order valence-electron chi connectivity index (χ4n) is 1.01. The molecule has 0 radical (unpaired) electrons. The Balaban J connectivity index is 0.00000137. The van der Waals surface area contributed by atoms with Gasteiger partial charge in [-0.2, -0.15) is 0 Å². The predicted molar refractivity (Wildman–Crippen MR) is 56.7 cm³/mol. The smallest absolute Gasteiger partial charge is 0.340 e. The molecule has 0 aromatic heterocycles. The molecule has 1 aromatic rings. The number of non-ortho nitro benzene ring substituents is 1. The van der Waals surface area contributed by atoms with E-state index < -0.39 is 38.5 Å². The first-order valence-corrected chi connectivity index (χ1v) is 4.07. The molecule has 1 aromatic carbocycles. The van der Waals surface area contributed by atoms with Gasteiger partial charge in [-0.1, -0.05) is 0 Å². The summed E-state index contributed by atoms with van der Waals surface area (Å²) in [7, 11) is 0. The number of nitrogens with two attached hydrogens (primary N) is 2. The van der Waals surface area contributed by atoms with Crippen molar-refractivity contribution in [3.63, 3.8) is 0 Å². The molecule has 0 spiro atoms. The second kappa shape index (κ2) is 6.07. The van der Waals surface area contributed by atoms with E-state index in [0.717, 1.165) is 0 Å². The molecule has 0 unspecified atom stereocenters. The lowest BCUT2D eigenvalue weighted by Crippen LogP contribution is -2.02. The number of hydrogen-bond donors (Lipinski definition) is 4. The summed E-state index contributed by atoms with van der Waals surface area (Å²) in [5.74, 6) is 5.20. The standard InChI is InChI=1S/C7H4N2O7.H4N2/c10-6-4(7(11)12)1-3(8(13)14)2-5(6)9(15)16;1-2/h1-2,10H,(H,11,12);1-2H2. The summed E-state index contributed by atoms with van der Waals surface area (Å²) >= 11 is 0. The van der Waals surface area contributed by atoms with E-state index >= 15 is 0 Å². The van der Waals surface area contributed by atoms with Crippen LogP contribution in [0.4, 0.5) is 11.4 Å². The van der Waals surface area contributed by atoms with Gasteiger partial charge in [0, 0.05) is 6.07 Å². The predicted octanol–water partition coefficient (Wildman–Crippen LogP) is -0.274. The van der Waals surface area contributed by atoms with Crippen LogP contribution in [-0.4, -0.2) is 26.0 Å². The maximum Gasteiger partial charge on any atom is 0.340 e. The highest BCUT2D eigenvalue weighted by molar-refractivity contribution is 5.93. The van der Waals surface area contributed by atoms with Crippen molar-refractivity contribution in [3.05, 3.63) is 37.9 Å². The summed E-state index contributed by atoms with van der Waals surface area (Å²) in [5.41, 5.74) is -2.69. The van der Waals surface area contributed by atoms with E-state index in [1.54, 1.807) is 0 Å². The van der Waals surface area contributed by atoms with Crippen LogP contribution in [0, 0.1) is 20.2 Å². The zero-order chi connectivity index (χ0) is 14.5. The van der Waals surface area contributed by atoms with Crippen LogP contribution in [-0.2, 0) is 0 Å². The third-order valence-electron chi connectivity index (χ3n) is 1.71. The van der Waals surface area contributed by atoms with Crippen molar-refractivity contribution < 1.29 is 24.9 Å². The quantitative estimate of drug-likeness (QED) is 0.321. The van der Waals surface area contributed by atoms with Gasteiger partial charge in [0.1, 0.15) is 5.56 Å². The number of nitro groups is 2. The van der Waals surface area contributed by atoms with Crippen LogP contribution >= 0.6 is 0 Å². The number of nitrogens with zero attached hydrogens (tertiary/aromatic N) is 2. The molecule has 1 rings (SSSR count). The topological polar surface area (TPSA) is 196 Å². The van der Waals surface area contributed by atoms with Gasteiger partial charge in [0.15, 0.2) is 0 Å². The summed E-state index contributed by atoms with van der Waals surface area (Å²) in [6, 6.07) is 1.03. The van der Waals surface area contributed by atoms with E-state index in [9.17, 15) is 30.1 Å². The summed E-state index contributed by atoms with van der Waals surface area (Å²) in [6.07, 6.45) is 0. The van der Waals surface area contributed by atoms with Gasteiger partial charge < -0.3 is 10.2 Å². The van der Waals surface area contributed by atoms with Gasteiger partial charge >= 0.3 is 11.7 Å². The maximum atomic E-state index is 10.6. The molecule has 11 nitrogen and oxygen atoms in total. The van der Waals surface area contributed by atoms with Gasteiger partial charge in [-0.25, -0.2) is 4.79 Å². The Morgan fingerprint density at radius 1 is 1.17 bits per heavy atom. The lowest BCUT2D eigenvalue weighted by Gasteiger charge is -2.00. The van der Waals surface area contributed by atoms with E-state index in [1.807, 2.05) is 0 Å². The minimum atomic E-state index is -1.69. The zero-order valence-corrected chi connectivity index (χ0v) is 8.64. The van der Waals surface area contributed by atoms with Crippen molar-refractivity contribution in [2.75, 3.05) is 0 Å². The Morgan fingerprint density at radius 2 is 1.67 bits per heavy atom. The Labute approximate surface area is 98.5 Å². The van der Waals surface area contributed by atoms with Crippen LogP contribution in [0.15, 0.2) is 12.1 Å². The average Bonchev–Trinajstić information content (AvgIpc) is 2.30. The number of benzene rings is 1. The highest BCUT2D eigenvalue weighted by Crippen LogP contribution is 2.34. The van der Waals surface area contributed by atoms with E-state index in [1.165, 1.54) is 0 Å². The average molecular weight is 260 g/mol. The van der Waals surface area contributed by atoms with Crippen LogP contribution in [0.25, 0.3) is 0 Å². The van der Waals surface area contributed by atoms with Gasteiger partial charge in [-0.15, -0.1) is 0 Å². The summed E-state index contributed by atoms with van der Waals surface area (Å²) in [4.78, 5) is 29.2. The monoisotopic (exact) mass is 260 g/mol. The van der Waals surface area contributed by atoms with Crippen LogP contribution in [0.3, 0.4) is 0 Å². The number of phenols is 1. The molecule has 0 aliphatic rings. The Hall–Kier alpha value is -2.79. The van der Waals surface area contributed by atoms with Crippen molar-refractivity contribution in [1.29, 1.82) is 0 Å². The number of nitro benzene ring substituents is 2. The van der Waals surface area contributed by atoms with Crippen molar-refractivity contribution in [2.24, 2.45) is 11.7 Å². The van der Waals surface area contributed by atoms with Gasteiger partial charge in [0.2, 0.25) is 5.75 Å². The fourth-order valence-corrected chi connectivity index (χ4v) is 1.01. The number of hydrogen-bond acceptors (Lipinski definition) is 8. The molecule has 0 saturated heterocycles. The first-order valence-electron chi connectivity index (χ1n) is 4.07. The summed E-state index contributed by atoms with van der Waals surface area (Å²) < 4.78 is 0. The summed E-state index contributed by atoms with van der Waals surface area (Å²) in [5, 5.41) is 38.5. The molecule has 6 N–H and O–H groups in total. The van der Waals surface area contributed by atoms with Crippen LogP contribution in [0.5, 0.6) is 5.75 Å². The van der Waals surface area contributed by atoms with Crippen molar-refractivity contribution in [3.8, 4) is 5.75 Å². The molecular formula is C7H8N4O7. The molecule has 0 amide bonds. The second-order valence-electron chi connectivity index (χ2n) is 2.68. The lowest BCUT2D eigenvalue weighted by atomic mass is 10.1. The number of carboxylic acids is 1. The fraction of sp³-hybridized carbons (Fsp3) is 0. The molecule has 11 heteroatoms. The van der Waals surface area contributed by atoms with Crippen LogP contribution in [0.1, 0.15) is 10.4 Å². The van der Waals surface area contributed by atoms with Crippen LogP contribution in [0.2, 0.25) is 0 Å². The van der Waals surface area contributed by atoms with Crippen LogP contribution < -0.4 is 11.7 Å². The van der Waals surface area contributed by atoms with Crippen molar-refractivity contribution in [1.82, 2.24) is 0 Å². The number of carbonyl (C=O) groups is 1. The Kier molecular flexibility index (Phi) is 5.13. The summed E-state index contributed by atoms with van der Waals surface area (Å²) in [6.45, 7) is 0. The molecule has 0 aliphatic heterocycles. The molecule has 0 saturated carbocycles. The van der Waals surface area contributed by atoms with E-state index in [0.29, 0.717) is 12.1 Å². The van der Waals surface area contributed by atoms with E-state index in [-0.39, 0.29) is 0 Å². The minimum absolute atomic E-state index is 0.488. The van der Waals surface area contributed by atoms with Crippen molar-refractivity contribution in [2.45, 2.75) is 0 Å². The largest absolute Gasteiger partial charge is 0.501 e. The molecule has 0 atom stereocenters. The number of hydrazine groups is 1. The number of aromatic carboxylic acids is 1. The van der Waals surface area contributed by atoms with Gasteiger partial charge in [-0.05, 0) is 0 Å². The third kappa shape index (κ3) is 3.10. The van der Waals surface area contributed by atoms with Gasteiger partial charge in [0.25, 0.3) is 5.69 Å². The molecule has 18 heavy (non-hydrogen) atoms. The second-order valence-corrected chi connectivity index (χ2v) is 2.68. The Morgan fingerprint density at radius 3 is 2.00 bits per heavy atom. The van der Waals surface area contributed by atoms with E-state index in [2.05, 4.69) is 11.7 Å². The number of carboxylic acid groups (broad SMARTS) is 1. The Bertz CT molecular complexity index is 466. The third-order valence-corrected chi connectivity index (χ3v) is 1.71. The number of aromatic hydroxyl groups is 1. The SMILES string of the molecule is NN.O=C(O)c1cc([N+](=O)[O-])cc([N+](=O)[O-])c1O. The molecule has 0 bridgehead atoms. The molecular weight excluding hydrogens is 252 g/mol. The zero-order valence-electron chi connectivity index (χ0n) is 8.64. The molecule has 0 fully saturated rings. The number of rotatable bonds is 3. The van der Waals surface area contributed by atoms with Gasteiger partial charge in [0.05, 0.1) is 15.9 Å². The van der Waals surface area contributed by atoms with Crippen molar-refractivity contribution >= 4 is 17.3 Å². The first-order chi connectivity index (χ1) is 8.34.